The van der Waals surface area contributed by atoms with Gasteiger partial charge in [0.1, 0.15) is 0 Å². The second kappa shape index (κ2) is 6.98. The molecule has 1 heterocycles. The Morgan fingerprint density at radius 1 is 0.958 bits per heavy atom. The van der Waals surface area contributed by atoms with E-state index < -0.39 is 5.41 Å². The van der Waals surface area contributed by atoms with Gasteiger partial charge in [-0.3, -0.25) is 4.79 Å². The summed E-state index contributed by atoms with van der Waals surface area (Å²) in [5, 5.41) is 0. The number of rotatable bonds is 5. The molecule has 0 fully saturated rings. The maximum absolute atomic E-state index is 12.4. The van der Waals surface area contributed by atoms with E-state index in [4.69, 9.17) is 0 Å². The molecule has 130 valence electrons. The average molecular weight is 330 g/mol. The van der Waals surface area contributed by atoms with Crippen molar-refractivity contribution in [2.75, 3.05) is 56.5 Å². The van der Waals surface area contributed by atoms with Gasteiger partial charge in [0.05, 0.1) is 5.41 Å². The van der Waals surface area contributed by atoms with Crippen LogP contribution in [0, 0.1) is 5.41 Å². The van der Waals surface area contributed by atoms with Crippen LogP contribution in [0.25, 0.3) is 0 Å². The predicted molar refractivity (Wildman–Crippen MR) is 97.8 cm³/mol. The largest absolute Gasteiger partial charge is 0.347 e. The van der Waals surface area contributed by atoms with Crippen LogP contribution in [0.3, 0.4) is 0 Å². The van der Waals surface area contributed by atoms with Gasteiger partial charge < -0.3 is 14.7 Å². The van der Waals surface area contributed by atoms with Gasteiger partial charge in [-0.1, -0.05) is 18.2 Å². The molecule has 7 heteroatoms. The Hall–Kier alpha value is -2.44. The fraction of sp³-hybridized carbons (Fsp3) is 0.529. The zero-order chi connectivity index (χ0) is 17.9. The van der Waals surface area contributed by atoms with Gasteiger partial charge in [0.2, 0.25) is 17.8 Å². The SMILES string of the molecule is CN(C)c1nc(N(C)C)nc(N(C)CC2(C)C=CCC=CC2=O)n1. The van der Waals surface area contributed by atoms with E-state index in [1.54, 1.807) is 6.08 Å². The molecule has 0 aromatic carbocycles. The number of allylic oxidation sites excluding steroid dienone is 3. The zero-order valence-electron chi connectivity index (χ0n) is 15.3. The summed E-state index contributed by atoms with van der Waals surface area (Å²) in [6.07, 6.45) is 8.34. The smallest absolute Gasteiger partial charge is 0.231 e. The monoisotopic (exact) mass is 330 g/mol. The highest BCUT2D eigenvalue weighted by Gasteiger charge is 2.31. The van der Waals surface area contributed by atoms with Gasteiger partial charge in [-0.2, -0.15) is 15.0 Å². The third-order valence-corrected chi connectivity index (χ3v) is 3.90. The molecule has 1 aliphatic rings. The molecule has 1 unspecified atom stereocenters. The number of aromatic nitrogens is 3. The first-order valence-electron chi connectivity index (χ1n) is 7.93. The predicted octanol–water partition coefficient (Wildman–Crippen LogP) is 1.53. The van der Waals surface area contributed by atoms with Crippen LogP contribution >= 0.6 is 0 Å². The maximum Gasteiger partial charge on any atom is 0.231 e. The second-order valence-corrected chi connectivity index (χ2v) is 6.70. The lowest BCUT2D eigenvalue weighted by molar-refractivity contribution is -0.120. The lowest BCUT2D eigenvalue weighted by atomic mass is 9.85. The Labute approximate surface area is 143 Å². The Kier molecular flexibility index (Phi) is 5.21. The molecule has 0 saturated carbocycles. The summed E-state index contributed by atoms with van der Waals surface area (Å²) >= 11 is 0. The Bertz CT molecular complexity index is 641. The first-order valence-corrected chi connectivity index (χ1v) is 7.93. The summed E-state index contributed by atoms with van der Waals surface area (Å²) in [4.78, 5) is 31.4. The first-order chi connectivity index (χ1) is 11.2. The molecule has 1 aromatic rings. The molecule has 7 nitrogen and oxygen atoms in total. The van der Waals surface area contributed by atoms with Crippen LogP contribution in [0.5, 0.6) is 0 Å². The third-order valence-electron chi connectivity index (χ3n) is 3.90. The van der Waals surface area contributed by atoms with Crippen LogP contribution in [0.4, 0.5) is 17.8 Å². The van der Waals surface area contributed by atoms with Crippen molar-refractivity contribution in [2.45, 2.75) is 13.3 Å². The molecule has 0 N–H and O–H groups in total. The molecule has 0 amide bonds. The molecule has 24 heavy (non-hydrogen) atoms. The summed E-state index contributed by atoms with van der Waals surface area (Å²) in [6.45, 7) is 2.44. The zero-order valence-corrected chi connectivity index (χ0v) is 15.3. The van der Waals surface area contributed by atoms with Crippen molar-refractivity contribution in [3.05, 3.63) is 24.3 Å². The molecule has 1 aromatic heterocycles. The minimum atomic E-state index is -0.592. The van der Waals surface area contributed by atoms with Crippen molar-refractivity contribution in [3.8, 4) is 0 Å². The molecule has 0 bridgehead atoms. The summed E-state index contributed by atoms with van der Waals surface area (Å²) in [5.41, 5.74) is -0.592. The molecule has 1 atom stereocenters. The maximum atomic E-state index is 12.4. The van der Waals surface area contributed by atoms with E-state index in [1.165, 1.54) is 0 Å². The van der Waals surface area contributed by atoms with Crippen LogP contribution in [0.2, 0.25) is 0 Å². The molecule has 1 aliphatic carbocycles. The molecule has 0 aliphatic heterocycles. The van der Waals surface area contributed by atoms with Crippen LogP contribution in [0.15, 0.2) is 24.3 Å². The van der Waals surface area contributed by atoms with Gasteiger partial charge in [0, 0.05) is 41.8 Å². The number of hydrogen-bond donors (Lipinski definition) is 0. The quantitative estimate of drug-likeness (QED) is 0.759. The number of carbonyl (C=O) groups is 1. The highest BCUT2D eigenvalue weighted by molar-refractivity contribution is 5.96. The van der Waals surface area contributed by atoms with Crippen LogP contribution < -0.4 is 14.7 Å². The number of ketones is 1. The van der Waals surface area contributed by atoms with Crippen molar-refractivity contribution in [1.82, 2.24) is 15.0 Å². The Morgan fingerprint density at radius 2 is 1.50 bits per heavy atom. The molecule has 2 rings (SSSR count). The number of anilines is 3. The average Bonchev–Trinajstić information content (AvgIpc) is 2.68. The van der Waals surface area contributed by atoms with Gasteiger partial charge >= 0.3 is 0 Å². The van der Waals surface area contributed by atoms with Crippen molar-refractivity contribution in [1.29, 1.82) is 0 Å². The highest BCUT2D eigenvalue weighted by atomic mass is 16.1. The number of nitrogens with zero attached hydrogens (tertiary/aromatic N) is 6. The minimum absolute atomic E-state index is 0.0952. The summed E-state index contributed by atoms with van der Waals surface area (Å²) in [5.74, 6) is 1.82. The lowest BCUT2D eigenvalue weighted by Crippen LogP contribution is -2.38. The van der Waals surface area contributed by atoms with Gasteiger partial charge in [0.15, 0.2) is 5.78 Å². The fourth-order valence-corrected chi connectivity index (χ4v) is 2.46. The molecular weight excluding hydrogens is 304 g/mol. The van der Waals surface area contributed by atoms with E-state index in [1.807, 2.05) is 75.1 Å². The van der Waals surface area contributed by atoms with Crippen LogP contribution in [-0.2, 0) is 4.79 Å². The van der Waals surface area contributed by atoms with E-state index in [0.717, 1.165) is 6.42 Å². The summed E-state index contributed by atoms with van der Waals surface area (Å²) < 4.78 is 0. The lowest BCUT2D eigenvalue weighted by Gasteiger charge is -2.29. The van der Waals surface area contributed by atoms with Gasteiger partial charge in [-0.25, -0.2) is 0 Å². The number of carbonyl (C=O) groups excluding carboxylic acids is 1. The topological polar surface area (TPSA) is 65.5 Å². The Balaban J connectivity index is 2.33. The van der Waals surface area contributed by atoms with Crippen molar-refractivity contribution in [3.63, 3.8) is 0 Å². The van der Waals surface area contributed by atoms with E-state index in [9.17, 15) is 4.79 Å². The Morgan fingerprint density at radius 3 is 2.04 bits per heavy atom. The normalized spacial score (nSPS) is 20.0. The third kappa shape index (κ3) is 3.90. The van der Waals surface area contributed by atoms with E-state index >= 15 is 0 Å². The van der Waals surface area contributed by atoms with Crippen LogP contribution in [0.1, 0.15) is 13.3 Å². The molecular formula is C17H26N6O. The van der Waals surface area contributed by atoms with E-state index in [-0.39, 0.29) is 5.78 Å². The van der Waals surface area contributed by atoms with Crippen molar-refractivity contribution in [2.24, 2.45) is 5.41 Å². The fourth-order valence-electron chi connectivity index (χ4n) is 2.46. The molecule has 0 saturated heterocycles. The molecule has 0 spiro atoms. The first kappa shape index (κ1) is 17.9. The highest BCUT2D eigenvalue weighted by Crippen LogP contribution is 2.26. The summed E-state index contributed by atoms with van der Waals surface area (Å²) in [6, 6.07) is 0. The van der Waals surface area contributed by atoms with Crippen LogP contribution in [-0.4, -0.2) is 62.5 Å². The van der Waals surface area contributed by atoms with E-state index in [2.05, 4.69) is 15.0 Å². The second-order valence-electron chi connectivity index (χ2n) is 6.70. The van der Waals surface area contributed by atoms with Crippen molar-refractivity contribution >= 4 is 23.6 Å². The van der Waals surface area contributed by atoms with Gasteiger partial charge in [-0.15, -0.1) is 0 Å². The van der Waals surface area contributed by atoms with Crippen molar-refractivity contribution < 1.29 is 4.79 Å². The molecule has 0 radical (unpaired) electrons. The minimum Gasteiger partial charge on any atom is -0.347 e. The van der Waals surface area contributed by atoms with E-state index in [0.29, 0.717) is 24.4 Å². The summed E-state index contributed by atoms with van der Waals surface area (Å²) in [7, 11) is 9.46. The van der Waals surface area contributed by atoms with Gasteiger partial charge in [0.25, 0.3) is 0 Å². The standard InChI is InChI=1S/C17H26N6O/c1-17(11-9-7-8-10-13(17)24)12-23(6)16-19-14(21(2)3)18-15(20-16)22(4)5/h8-11H,7,12H2,1-6H3. The van der Waals surface area contributed by atoms with Gasteiger partial charge in [-0.05, 0) is 19.4 Å². The number of hydrogen-bond acceptors (Lipinski definition) is 7.